The minimum atomic E-state index is -3.46. The van der Waals surface area contributed by atoms with Gasteiger partial charge in [0.1, 0.15) is 11.4 Å². The first-order valence-electron chi connectivity index (χ1n) is 8.54. The van der Waals surface area contributed by atoms with Crippen LogP contribution in [0.15, 0.2) is 35.2 Å². The van der Waals surface area contributed by atoms with Crippen LogP contribution in [0.2, 0.25) is 0 Å². The molecule has 1 fully saturated rings. The Bertz CT molecular complexity index is 595. The topological polar surface area (TPSA) is 60.4 Å². The largest absolute Gasteiger partial charge is 0.461 e. The predicted octanol–water partition coefficient (Wildman–Crippen LogP) is 3.90. The third kappa shape index (κ3) is 4.80. The summed E-state index contributed by atoms with van der Waals surface area (Å²) in [6.45, 7) is 2.16. The van der Waals surface area contributed by atoms with Crippen molar-refractivity contribution in [2.45, 2.75) is 74.5 Å². The number of sulfone groups is 1. The van der Waals surface area contributed by atoms with E-state index in [9.17, 15) is 13.2 Å². The highest BCUT2D eigenvalue weighted by atomic mass is 32.2. The SMILES string of the molecule is CCCCCCC[C@@H]1OC(=O)CC[C@@H]1S(=O)(=O)c1ccccc1. The maximum atomic E-state index is 12.8. The molecule has 0 aliphatic carbocycles. The van der Waals surface area contributed by atoms with Gasteiger partial charge in [0.2, 0.25) is 0 Å². The first-order valence-corrected chi connectivity index (χ1v) is 10.1. The van der Waals surface area contributed by atoms with E-state index in [1.54, 1.807) is 30.3 Å². The van der Waals surface area contributed by atoms with Gasteiger partial charge >= 0.3 is 5.97 Å². The second-order valence-corrected chi connectivity index (χ2v) is 8.33. The Hall–Kier alpha value is -1.36. The van der Waals surface area contributed by atoms with Gasteiger partial charge in [-0.3, -0.25) is 4.79 Å². The molecule has 1 heterocycles. The van der Waals surface area contributed by atoms with Gasteiger partial charge in [0.25, 0.3) is 0 Å². The second kappa shape index (κ2) is 8.48. The van der Waals surface area contributed by atoms with E-state index in [0.29, 0.717) is 17.7 Å². The van der Waals surface area contributed by atoms with Crippen LogP contribution in [0, 0.1) is 0 Å². The summed E-state index contributed by atoms with van der Waals surface area (Å²) in [6.07, 6.45) is 6.12. The second-order valence-electron chi connectivity index (χ2n) is 6.17. The number of hydrogen-bond acceptors (Lipinski definition) is 4. The molecule has 0 aromatic heterocycles. The van der Waals surface area contributed by atoms with Crippen LogP contribution in [-0.2, 0) is 19.4 Å². The summed E-state index contributed by atoms with van der Waals surface area (Å²) < 4.78 is 31.1. The minimum Gasteiger partial charge on any atom is -0.461 e. The summed E-state index contributed by atoms with van der Waals surface area (Å²) in [5.74, 6) is -0.275. The van der Waals surface area contributed by atoms with E-state index in [1.807, 2.05) is 0 Å². The van der Waals surface area contributed by atoms with E-state index in [-0.39, 0.29) is 12.4 Å². The number of rotatable bonds is 8. The third-order valence-electron chi connectivity index (χ3n) is 4.39. The lowest BCUT2D eigenvalue weighted by atomic mass is 10.0. The molecule has 0 N–H and O–H groups in total. The molecular weight excluding hydrogens is 312 g/mol. The van der Waals surface area contributed by atoms with Crippen molar-refractivity contribution in [3.63, 3.8) is 0 Å². The van der Waals surface area contributed by atoms with Gasteiger partial charge in [0.15, 0.2) is 9.84 Å². The molecular formula is C18H26O4S. The Balaban J connectivity index is 2.06. The Morgan fingerprint density at radius 1 is 1.09 bits per heavy atom. The van der Waals surface area contributed by atoms with Crippen LogP contribution in [-0.4, -0.2) is 25.7 Å². The third-order valence-corrected chi connectivity index (χ3v) is 6.66. The molecule has 5 heteroatoms. The Kier molecular flexibility index (Phi) is 6.63. The number of ether oxygens (including phenoxy) is 1. The lowest BCUT2D eigenvalue weighted by Crippen LogP contribution is -2.41. The fraction of sp³-hybridized carbons (Fsp3) is 0.611. The quantitative estimate of drug-likeness (QED) is 0.533. The van der Waals surface area contributed by atoms with Gasteiger partial charge in [-0.15, -0.1) is 0 Å². The molecule has 0 bridgehead atoms. The van der Waals surface area contributed by atoms with Crippen molar-refractivity contribution in [3.05, 3.63) is 30.3 Å². The van der Waals surface area contributed by atoms with Gasteiger partial charge in [-0.1, -0.05) is 50.8 Å². The van der Waals surface area contributed by atoms with Crippen LogP contribution in [0.4, 0.5) is 0 Å². The molecule has 0 saturated carbocycles. The van der Waals surface area contributed by atoms with Gasteiger partial charge in [-0.2, -0.15) is 0 Å². The molecule has 4 nitrogen and oxygen atoms in total. The molecule has 128 valence electrons. The zero-order valence-corrected chi connectivity index (χ0v) is 14.6. The van der Waals surface area contributed by atoms with Gasteiger partial charge < -0.3 is 4.74 Å². The molecule has 1 aliphatic heterocycles. The van der Waals surface area contributed by atoms with Crippen molar-refractivity contribution in [1.29, 1.82) is 0 Å². The highest BCUT2D eigenvalue weighted by molar-refractivity contribution is 7.92. The number of cyclic esters (lactones) is 1. The zero-order valence-electron chi connectivity index (χ0n) is 13.7. The summed E-state index contributed by atoms with van der Waals surface area (Å²) >= 11 is 0. The Morgan fingerprint density at radius 3 is 2.48 bits per heavy atom. The lowest BCUT2D eigenvalue weighted by molar-refractivity contribution is -0.153. The molecule has 1 aromatic rings. The van der Waals surface area contributed by atoms with Crippen molar-refractivity contribution in [2.24, 2.45) is 0 Å². The first-order chi connectivity index (χ1) is 11.1. The fourth-order valence-electron chi connectivity index (χ4n) is 3.08. The number of carbonyl (C=O) groups is 1. The first kappa shape index (κ1) is 18.0. The van der Waals surface area contributed by atoms with Crippen LogP contribution in [0.3, 0.4) is 0 Å². The van der Waals surface area contributed by atoms with E-state index >= 15 is 0 Å². The molecule has 0 unspecified atom stereocenters. The molecule has 23 heavy (non-hydrogen) atoms. The predicted molar refractivity (Wildman–Crippen MR) is 89.9 cm³/mol. The Morgan fingerprint density at radius 2 is 1.78 bits per heavy atom. The van der Waals surface area contributed by atoms with Crippen molar-refractivity contribution in [3.8, 4) is 0 Å². The molecule has 1 saturated heterocycles. The molecule has 0 amide bonds. The van der Waals surface area contributed by atoms with Crippen molar-refractivity contribution in [2.75, 3.05) is 0 Å². The van der Waals surface area contributed by atoms with Gasteiger partial charge in [0.05, 0.1) is 4.90 Å². The maximum absolute atomic E-state index is 12.8. The average Bonchev–Trinajstić information content (AvgIpc) is 2.55. The zero-order chi connectivity index (χ0) is 16.7. The molecule has 1 aliphatic rings. The van der Waals surface area contributed by atoms with E-state index in [2.05, 4.69) is 6.92 Å². The van der Waals surface area contributed by atoms with Crippen molar-refractivity contribution >= 4 is 15.8 Å². The van der Waals surface area contributed by atoms with E-state index in [0.717, 1.165) is 19.3 Å². The normalized spacial score (nSPS) is 21.9. The lowest BCUT2D eigenvalue weighted by Gasteiger charge is -2.31. The van der Waals surface area contributed by atoms with Crippen LogP contribution >= 0.6 is 0 Å². The number of unbranched alkanes of at least 4 members (excludes halogenated alkanes) is 4. The summed E-state index contributed by atoms with van der Waals surface area (Å²) in [6, 6.07) is 8.47. The van der Waals surface area contributed by atoms with Crippen LogP contribution in [0.25, 0.3) is 0 Å². The van der Waals surface area contributed by atoms with Crippen LogP contribution in [0.1, 0.15) is 58.3 Å². The van der Waals surface area contributed by atoms with Gasteiger partial charge in [-0.05, 0) is 31.4 Å². The number of carbonyl (C=O) groups excluding carboxylic acids is 1. The van der Waals surface area contributed by atoms with E-state index in [1.165, 1.54) is 12.8 Å². The fourth-order valence-corrected chi connectivity index (χ4v) is 4.99. The van der Waals surface area contributed by atoms with Gasteiger partial charge in [-0.25, -0.2) is 8.42 Å². The van der Waals surface area contributed by atoms with E-state index < -0.39 is 21.2 Å². The molecule has 0 spiro atoms. The number of benzene rings is 1. The monoisotopic (exact) mass is 338 g/mol. The highest BCUT2D eigenvalue weighted by Gasteiger charge is 2.40. The molecule has 2 atom stereocenters. The minimum absolute atomic E-state index is 0.184. The van der Waals surface area contributed by atoms with Crippen LogP contribution in [0.5, 0.6) is 0 Å². The molecule has 2 rings (SSSR count). The summed E-state index contributed by atoms with van der Waals surface area (Å²) in [5, 5.41) is -0.617. The van der Waals surface area contributed by atoms with E-state index in [4.69, 9.17) is 4.74 Å². The number of esters is 1. The number of hydrogen-bond donors (Lipinski definition) is 0. The average molecular weight is 338 g/mol. The summed E-state index contributed by atoms with van der Waals surface area (Å²) in [7, 11) is -3.46. The van der Waals surface area contributed by atoms with Crippen molar-refractivity contribution < 1.29 is 17.9 Å². The summed E-state index contributed by atoms with van der Waals surface area (Å²) in [5.41, 5.74) is 0. The highest BCUT2D eigenvalue weighted by Crippen LogP contribution is 2.30. The van der Waals surface area contributed by atoms with Crippen molar-refractivity contribution in [1.82, 2.24) is 0 Å². The van der Waals surface area contributed by atoms with Crippen LogP contribution < -0.4 is 0 Å². The smallest absolute Gasteiger partial charge is 0.306 e. The summed E-state index contributed by atoms with van der Waals surface area (Å²) in [4.78, 5) is 11.9. The molecule has 0 radical (unpaired) electrons. The maximum Gasteiger partial charge on any atom is 0.306 e. The Labute approximate surface area is 139 Å². The molecule has 1 aromatic carbocycles. The standard InChI is InChI=1S/C18H26O4S/c1-2-3-4-5-9-12-16-17(13-14-18(19)22-16)23(20,21)15-10-7-6-8-11-15/h6-8,10-11,16-17H,2-5,9,12-14H2,1H3/t16-,17-/m0/s1. The van der Waals surface area contributed by atoms with Gasteiger partial charge in [0, 0.05) is 6.42 Å².